The fourth-order valence-corrected chi connectivity index (χ4v) is 3.64. The summed E-state index contributed by atoms with van der Waals surface area (Å²) in [7, 11) is -3.95. The fourth-order valence-electron chi connectivity index (χ4n) is 2.49. The molecule has 0 fully saturated rings. The number of aromatic nitrogens is 2. The molecule has 0 atom stereocenters. The van der Waals surface area contributed by atoms with E-state index >= 15 is 0 Å². The molecule has 29 heavy (non-hydrogen) atoms. The standard InChI is InChI=1S/C19H19FN4O4S/c20-16-10-5-4-7-14(16)13-29(26,27)19-24-23-17(28-19)11-6-12-21-18(25)22-15-8-2-1-3-9-15/h1-5,7-10H,6,11-13H2,(H2,21,22,25). The lowest BCUT2D eigenvalue weighted by Crippen LogP contribution is -2.29. The SMILES string of the molecule is O=C(NCCCc1nnc(S(=O)(=O)Cc2ccccc2F)o1)Nc1ccccc1. The van der Waals surface area contributed by atoms with Gasteiger partial charge >= 0.3 is 11.3 Å². The van der Waals surface area contributed by atoms with Gasteiger partial charge in [-0.2, -0.15) is 0 Å². The second kappa shape index (κ2) is 9.28. The number of halogens is 1. The third kappa shape index (κ3) is 5.85. The molecule has 0 bridgehead atoms. The predicted octanol–water partition coefficient (Wildman–Crippen LogP) is 2.94. The molecule has 0 aliphatic heterocycles. The highest BCUT2D eigenvalue weighted by atomic mass is 32.2. The number of hydrogen-bond donors (Lipinski definition) is 2. The number of carbonyl (C=O) groups is 1. The average Bonchev–Trinajstić information content (AvgIpc) is 3.18. The van der Waals surface area contributed by atoms with E-state index in [1.54, 1.807) is 18.2 Å². The van der Waals surface area contributed by atoms with Gasteiger partial charge in [0.05, 0.1) is 5.75 Å². The van der Waals surface area contributed by atoms with Gasteiger partial charge in [0.1, 0.15) is 5.82 Å². The highest BCUT2D eigenvalue weighted by Crippen LogP contribution is 2.17. The van der Waals surface area contributed by atoms with E-state index in [2.05, 4.69) is 20.8 Å². The van der Waals surface area contributed by atoms with Crippen molar-refractivity contribution < 1.29 is 22.0 Å². The quantitative estimate of drug-likeness (QED) is 0.544. The molecule has 10 heteroatoms. The zero-order valence-corrected chi connectivity index (χ0v) is 16.2. The number of amides is 2. The average molecular weight is 418 g/mol. The van der Waals surface area contributed by atoms with Crippen LogP contribution in [-0.4, -0.2) is 31.2 Å². The number of sulfone groups is 1. The molecule has 0 aliphatic rings. The molecular weight excluding hydrogens is 399 g/mol. The number of rotatable bonds is 8. The molecule has 1 aromatic heterocycles. The van der Waals surface area contributed by atoms with Gasteiger partial charge in [0, 0.05) is 24.2 Å². The summed E-state index contributed by atoms with van der Waals surface area (Å²) in [6.07, 6.45) is 0.755. The van der Waals surface area contributed by atoms with Crippen LogP contribution < -0.4 is 10.6 Å². The van der Waals surface area contributed by atoms with Crippen LogP contribution in [0.4, 0.5) is 14.9 Å². The monoisotopic (exact) mass is 418 g/mol. The van der Waals surface area contributed by atoms with Crippen LogP contribution in [0.5, 0.6) is 0 Å². The van der Waals surface area contributed by atoms with Crippen molar-refractivity contribution in [1.82, 2.24) is 15.5 Å². The molecule has 3 rings (SSSR count). The molecule has 0 unspecified atom stereocenters. The summed E-state index contributed by atoms with van der Waals surface area (Å²) >= 11 is 0. The normalized spacial score (nSPS) is 11.2. The Bertz CT molecular complexity index is 1070. The number of para-hydroxylation sites is 1. The van der Waals surface area contributed by atoms with E-state index in [0.29, 0.717) is 18.7 Å². The second-order valence-corrected chi connectivity index (χ2v) is 8.03. The molecule has 0 spiro atoms. The smallest absolute Gasteiger partial charge is 0.335 e. The summed E-state index contributed by atoms with van der Waals surface area (Å²) in [6, 6.07) is 14.2. The van der Waals surface area contributed by atoms with Crippen molar-refractivity contribution in [2.45, 2.75) is 23.8 Å². The topological polar surface area (TPSA) is 114 Å². The molecule has 8 nitrogen and oxygen atoms in total. The van der Waals surface area contributed by atoms with Crippen molar-refractivity contribution in [3.63, 3.8) is 0 Å². The first-order valence-corrected chi connectivity index (χ1v) is 10.5. The Morgan fingerprint density at radius 1 is 1.03 bits per heavy atom. The lowest BCUT2D eigenvalue weighted by Gasteiger charge is -2.06. The molecule has 152 valence electrons. The van der Waals surface area contributed by atoms with Crippen LogP contribution >= 0.6 is 0 Å². The number of anilines is 1. The molecule has 0 saturated carbocycles. The van der Waals surface area contributed by atoms with Gasteiger partial charge in [0.15, 0.2) is 0 Å². The predicted molar refractivity (Wildman–Crippen MR) is 103 cm³/mol. The Balaban J connectivity index is 1.47. The van der Waals surface area contributed by atoms with Crippen molar-refractivity contribution in [3.8, 4) is 0 Å². The van der Waals surface area contributed by atoms with E-state index < -0.39 is 26.6 Å². The number of carbonyl (C=O) groups excluding carboxylic acids is 1. The van der Waals surface area contributed by atoms with Crippen LogP contribution in [0.25, 0.3) is 0 Å². The maximum Gasteiger partial charge on any atom is 0.335 e. The highest BCUT2D eigenvalue weighted by molar-refractivity contribution is 7.90. The van der Waals surface area contributed by atoms with Gasteiger partial charge in [-0.1, -0.05) is 41.5 Å². The maximum atomic E-state index is 13.7. The van der Waals surface area contributed by atoms with Crippen LogP contribution in [-0.2, 0) is 22.0 Å². The summed E-state index contributed by atoms with van der Waals surface area (Å²) < 4.78 is 43.5. The van der Waals surface area contributed by atoms with Crippen LogP contribution in [0, 0.1) is 5.82 Å². The van der Waals surface area contributed by atoms with Gasteiger partial charge < -0.3 is 15.1 Å². The first-order chi connectivity index (χ1) is 13.9. The minimum Gasteiger partial charge on any atom is -0.413 e. The van der Waals surface area contributed by atoms with Crippen LogP contribution in [0.3, 0.4) is 0 Å². The largest absolute Gasteiger partial charge is 0.413 e. The molecule has 2 N–H and O–H groups in total. The van der Waals surface area contributed by atoms with E-state index in [1.165, 1.54) is 18.2 Å². The summed E-state index contributed by atoms with van der Waals surface area (Å²) in [5.41, 5.74) is 0.701. The minimum atomic E-state index is -3.95. The third-order valence-corrected chi connectivity index (χ3v) is 5.29. The van der Waals surface area contributed by atoms with Crippen molar-refractivity contribution in [3.05, 3.63) is 71.9 Å². The zero-order valence-electron chi connectivity index (χ0n) is 15.3. The summed E-state index contributed by atoms with van der Waals surface area (Å²) in [5, 5.41) is 12.1. The molecule has 1 heterocycles. The molecule has 2 aromatic carbocycles. The van der Waals surface area contributed by atoms with E-state index in [4.69, 9.17) is 4.42 Å². The van der Waals surface area contributed by atoms with Gasteiger partial charge in [-0.05, 0) is 24.6 Å². The van der Waals surface area contributed by atoms with Gasteiger partial charge in [0.2, 0.25) is 15.7 Å². The highest BCUT2D eigenvalue weighted by Gasteiger charge is 2.24. The van der Waals surface area contributed by atoms with Gasteiger partial charge in [-0.25, -0.2) is 17.6 Å². The molecular formula is C19H19FN4O4S. The Morgan fingerprint density at radius 3 is 2.52 bits per heavy atom. The summed E-state index contributed by atoms with van der Waals surface area (Å²) in [5.74, 6) is -1.05. The van der Waals surface area contributed by atoms with E-state index in [0.717, 1.165) is 0 Å². The Kier molecular flexibility index (Phi) is 6.55. The number of hydrogen-bond acceptors (Lipinski definition) is 6. The number of benzene rings is 2. The van der Waals surface area contributed by atoms with Crippen molar-refractivity contribution in [1.29, 1.82) is 0 Å². The number of urea groups is 1. The summed E-state index contributed by atoms with van der Waals surface area (Å²) in [6.45, 7) is 0.332. The van der Waals surface area contributed by atoms with Crippen molar-refractivity contribution >= 4 is 21.6 Å². The lowest BCUT2D eigenvalue weighted by atomic mass is 10.2. The number of nitrogens with zero attached hydrogens (tertiary/aromatic N) is 2. The van der Waals surface area contributed by atoms with E-state index in [9.17, 15) is 17.6 Å². The van der Waals surface area contributed by atoms with Gasteiger partial charge in [-0.3, -0.25) is 0 Å². The minimum absolute atomic E-state index is 0.0286. The van der Waals surface area contributed by atoms with Gasteiger partial charge in [-0.15, -0.1) is 5.10 Å². The molecule has 2 amide bonds. The first-order valence-electron chi connectivity index (χ1n) is 8.82. The van der Waals surface area contributed by atoms with E-state index in [1.807, 2.05) is 18.2 Å². The third-order valence-electron chi connectivity index (χ3n) is 3.90. The van der Waals surface area contributed by atoms with Crippen LogP contribution in [0.15, 0.2) is 64.2 Å². The number of nitrogens with one attached hydrogen (secondary N) is 2. The molecule has 0 radical (unpaired) electrons. The van der Waals surface area contributed by atoms with Crippen LogP contribution in [0.2, 0.25) is 0 Å². The lowest BCUT2D eigenvalue weighted by molar-refractivity contribution is 0.252. The van der Waals surface area contributed by atoms with Crippen molar-refractivity contribution in [2.24, 2.45) is 0 Å². The zero-order chi connectivity index (χ0) is 20.7. The van der Waals surface area contributed by atoms with Crippen molar-refractivity contribution in [2.75, 3.05) is 11.9 Å². The summed E-state index contributed by atoms with van der Waals surface area (Å²) in [4.78, 5) is 11.8. The molecule has 3 aromatic rings. The molecule has 0 aliphatic carbocycles. The Morgan fingerprint density at radius 2 is 1.76 bits per heavy atom. The van der Waals surface area contributed by atoms with Crippen LogP contribution in [0.1, 0.15) is 17.9 Å². The Labute approximate surface area is 167 Å². The fraction of sp³-hybridized carbons (Fsp3) is 0.211. The first kappa shape index (κ1) is 20.5. The van der Waals surface area contributed by atoms with E-state index in [-0.39, 0.29) is 23.9 Å². The second-order valence-electron chi connectivity index (χ2n) is 6.16. The number of aryl methyl sites for hydroxylation is 1. The maximum absolute atomic E-state index is 13.7. The Hall–Kier alpha value is -3.27. The van der Waals surface area contributed by atoms with Gasteiger partial charge in [0.25, 0.3) is 0 Å². The molecule has 0 saturated heterocycles.